The van der Waals surface area contributed by atoms with Crippen LogP contribution in [0.4, 0.5) is 0 Å². The number of hydrogen-bond donors (Lipinski definition) is 1. The molecule has 1 aliphatic carbocycles. The van der Waals surface area contributed by atoms with Crippen LogP contribution in [0.3, 0.4) is 0 Å². The number of aryl methyl sites for hydroxylation is 1. The second kappa shape index (κ2) is 4.22. The molecular weight excluding hydrogens is 240 g/mol. The van der Waals surface area contributed by atoms with Crippen molar-refractivity contribution >= 4 is 17.6 Å². The summed E-state index contributed by atoms with van der Waals surface area (Å²) in [6, 6.07) is 3.66. The second-order valence-electron chi connectivity index (χ2n) is 4.57. The number of benzene rings is 1. The third-order valence-corrected chi connectivity index (χ3v) is 3.80. The highest BCUT2D eigenvalue weighted by Gasteiger charge is 2.48. The first-order valence-corrected chi connectivity index (χ1v) is 5.97. The lowest BCUT2D eigenvalue weighted by atomic mass is 9.64. The van der Waals surface area contributed by atoms with E-state index in [-0.39, 0.29) is 0 Å². The van der Waals surface area contributed by atoms with Crippen molar-refractivity contribution in [1.29, 1.82) is 0 Å². The standard InChI is InChI=1S/C13H15ClO3/c1-8-6-9(11(17-2)10(14)7-8)13(12(15)16)4-3-5-13/h6-7H,3-5H2,1-2H3,(H,15,16). The maximum atomic E-state index is 11.5. The molecular formula is C13H15ClO3. The Morgan fingerprint density at radius 1 is 1.47 bits per heavy atom. The van der Waals surface area contributed by atoms with Crippen LogP contribution in [0, 0.1) is 6.92 Å². The zero-order valence-corrected chi connectivity index (χ0v) is 10.7. The van der Waals surface area contributed by atoms with Crippen LogP contribution in [-0.2, 0) is 10.2 Å². The molecule has 0 aromatic heterocycles. The Hall–Kier alpha value is -1.22. The number of carboxylic acids is 1. The van der Waals surface area contributed by atoms with Crippen LogP contribution >= 0.6 is 11.6 Å². The van der Waals surface area contributed by atoms with Gasteiger partial charge in [0, 0.05) is 5.56 Å². The van der Waals surface area contributed by atoms with Crippen LogP contribution in [0.15, 0.2) is 12.1 Å². The molecule has 17 heavy (non-hydrogen) atoms. The highest BCUT2D eigenvalue weighted by atomic mass is 35.5. The first kappa shape index (κ1) is 12.2. The van der Waals surface area contributed by atoms with E-state index in [2.05, 4.69) is 0 Å². The molecule has 0 bridgehead atoms. The van der Waals surface area contributed by atoms with Crippen molar-refractivity contribution in [3.05, 3.63) is 28.3 Å². The molecule has 3 nitrogen and oxygen atoms in total. The van der Waals surface area contributed by atoms with Gasteiger partial charge in [-0.15, -0.1) is 0 Å². The third kappa shape index (κ3) is 1.78. The van der Waals surface area contributed by atoms with Gasteiger partial charge in [-0.1, -0.05) is 24.1 Å². The number of hydrogen-bond acceptors (Lipinski definition) is 2. The van der Waals surface area contributed by atoms with Crippen molar-refractivity contribution in [3.63, 3.8) is 0 Å². The van der Waals surface area contributed by atoms with Gasteiger partial charge in [0.05, 0.1) is 17.5 Å². The minimum atomic E-state index is -0.805. The van der Waals surface area contributed by atoms with E-state index in [1.165, 1.54) is 7.11 Å². The van der Waals surface area contributed by atoms with Gasteiger partial charge in [-0.25, -0.2) is 0 Å². The van der Waals surface area contributed by atoms with E-state index < -0.39 is 11.4 Å². The van der Waals surface area contributed by atoms with E-state index in [1.54, 1.807) is 6.07 Å². The molecule has 0 saturated heterocycles. The smallest absolute Gasteiger partial charge is 0.314 e. The largest absolute Gasteiger partial charge is 0.495 e. The number of carboxylic acid groups (broad SMARTS) is 1. The van der Waals surface area contributed by atoms with Crippen LogP contribution in [0.2, 0.25) is 5.02 Å². The van der Waals surface area contributed by atoms with Gasteiger partial charge in [-0.3, -0.25) is 4.79 Å². The van der Waals surface area contributed by atoms with Gasteiger partial charge < -0.3 is 9.84 Å². The number of methoxy groups -OCH3 is 1. The zero-order chi connectivity index (χ0) is 12.6. The molecule has 1 aromatic carbocycles. The number of rotatable bonds is 3. The van der Waals surface area contributed by atoms with E-state index in [1.807, 2.05) is 13.0 Å². The Labute approximate surface area is 105 Å². The molecule has 1 aliphatic rings. The van der Waals surface area contributed by atoms with Gasteiger partial charge in [0.15, 0.2) is 0 Å². The van der Waals surface area contributed by atoms with Crippen molar-refractivity contribution in [3.8, 4) is 5.75 Å². The lowest BCUT2D eigenvalue weighted by molar-refractivity contribution is -0.147. The fourth-order valence-corrected chi connectivity index (χ4v) is 2.77. The van der Waals surface area contributed by atoms with Crippen molar-refractivity contribution in [2.45, 2.75) is 31.6 Å². The van der Waals surface area contributed by atoms with Gasteiger partial charge >= 0.3 is 5.97 Å². The molecule has 0 aliphatic heterocycles. The molecule has 0 radical (unpaired) electrons. The summed E-state index contributed by atoms with van der Waals surface area (Å²) in [6.45, 7) is 1.91. The monoisotopic (exact) mass is 254 g/mol. The van der Waals surface area contributed by atoms with E-state index in [4.69, 9.17) is 16.3 Å². The molecule has 0 heterocycles. The summed E-state index contributed by atoms with van der Waals surface area (Å²) >= 11 is 6.11. The molecule has 0 atom stereocenters. The molecule has 92 valence electrons. The Balaban J connectivity index is 2.61. The van der Waals surface area contributed by atoms with Crippen LogP contribution < -0.4 is 4.74 Å². The molecule has 1 aromatic rings. The van der Waals surface area contributed by atoms with Crippen LogP contribution in [0.1, 0.15) is 30.4 Å². The average Bonchev–Trinajstić information content (AvgIpc) is 2.14. The predicted molar refractivity (Wildman–Crippen MR) is 65.9 cm³/mol. The molecule has 1 N–H and O–H groups in total. The molecule has 0 spiro atoms. The SMILES string of the molecule is COc1c(Cl)cc(C)cc1C1(C(=O)O)CCC1. The lowest BCUT2D eigenvalue weighted by Crippen LogP contribution is -2.42. The van der Waals surface area contributed by atoms with Gasteiger partial charge in [0.25, 0.3) is 0 Å². The number of aliphatic carboxylic acids is 1. The van der Waals surface area contributed by atoms with Crippen LogP contribution in [0.5, 0.6) is 5.75 Å². The van der Waals surface area contributed by atoms with Gasteiger partial charge in [-0.2, -0.15) is 0 Å². The zero-order valence-electron chi connectivity index (χ0n) is 9.92. The molecule has 0 unspecified atom stereocenters. The van der Waals surface area contributed by atoms with Gasteiger partial charge in [0.1, 0.15) is 5.75 Å². The fraction of sp³-hybridized carbons (Fsp3) is 0.462. The highest BCUT2D eigenvalue weighted by Crippen LogP contribution is 2.49. The topological polar surface area (TPSA) is 46.5 Å². The van der Waals surface area contributed by atoms with Crippen molar-refractivity contribution in [2.75, 3.05) is 7.11 Å². The fourth-order valence-electron chi connectivity index (χ4n) is 2.42. The molecule has 0 amide bonds. The minimum Gasteiger partial charge on any atom is -0.495 e. The summed E-state index contributed by atoms with van der Waals surface area (Å²) in [4.78, 5) is 11.5. The minimum absolute atomic E-state index is 0.482. The number of ether oxygens (including phenoxy) is 1. The predicted octanol–water partition coefficient (Wildman–Crippen LogP) is 3.16. The second-order valence-corrected chi connectivity index (χ2v) is 4.98. The summed E-state index contributed by atoms with van der Waals surface area (Å²) in [6.07, 6.45) is 2.23. The van der Waals surface area contributed by atoms with Crippen molar-refractivity contribution < 1.29 is 14.6 Å². The number of carbonyl (C=O) groups is 1. The van der Waals surface area contributed by atoms with Gasteiger partial charge in [-0.05, 0) is 31.4 Å². The summed E-state index contributed by atoms with van der Waals surface area (Å²) in [7, 11) is 1.52. The maximum absolute atomic E-state index is 11.5. The highest BCUT2D eigenvalue weighted by molar-refractivity contribution is 6.32. The lowest BCUT2D eigenvalue weighted by Gasteiger charge is -2.39. The molecule has 1 fully saturated rings. The van der Waals surface area contributed by atoms with Crippen molar-refractivity contribution in [1.82, 2.24) is 0 Å². The Bertz CT molecular complexity index is 464. The molecule has 4 heteroatoms. The van der Waals surface area contributed by atoms with E-state index in [0.717, 1.165) is 12.0 Å². The third-order valence-electron chi connectivity index (χ3n) is 3.52. The summed E-state index contributed by atoms with van der Waals surface area (Å²) in [5, 5.41) is 9.92. The van der Waals surface area contributed by atoms with Crippen LogP contribution in [-0.4, -0.2) is 18.2 Å². The summed E-state index contributed by atoms with van der Waals surface area (Å²) in [5.74, 6) is -0.289. The van der Waals surface area contributed by atoms with E-state index >= 15 is 0 Å². The maximum Gasteiger partial charge on any atom is 0.314 e. The van der Waals surface area contributed by atoms with Gasteiger partial charge in [0.2, 0.25) is 0 Å². The van der Waals surface area contributed by atoms with E-state index in [9.17, 15) is 9.90 Å². The first-order valence-electron chi connectivity index (χ1n) is 5.59. The van der Waals surface area contributed by atoms with Crippen LogP contribution in [0.25, 0.3) is 0 Å². The Kier molecular flexibility index (Phi) is 3.04. The first-order chi connectivity index (χ1) is 8.01. The number of halogens is 1. The molecule has 2 rings (SSSR count). The van der Waals surface area contributed by atoms with Crippen molar-refractivity contribution in [2.24, 2.45) is 0 Å². The molecule has 1 saturated carbocycles. The average molecular weight is 255 g/mol. The Morgan fingerprint density at radius 3 is 2.53 bits per heavy atom. The Morgan fingerprint density at radius 2 is 2.12 bits per heavy atom. The van der Waals surface area contributed by atoms with E-state index in [0.29, 0.717) is 29.2 Å². The summed E-state index contributed by atoms with van der Waals surface area (Å²) < 4.78 is 5.27. The quantitative estimate of drug-likeness (QED) is 0.901. The summed E-state index contributed by atoms with van der Waals surface area (Å²) in [5.41, 5.74) is 0.864. The normalized spacial score (nSPS) is 17.4.